The number of allylic oxidation sites excluding steroid dienone is 3. The minimum Gasteiger partial charge on any atom is -0.248 e. The van der Waals surface area contributed by atoms with Gasteiger partial charge >= 0.3 is 0 Å². The predicted molar refractivity (Wildman–Crippen MR) is 64.3 cm³/mol. The summed E-state index contributed by atoms with van der Waals surface area (Å²) in [5, 5.41) is 0. The van der Waals surface area contributed by atoms with Crippen molar-refractivity contribution in [3.63, 3.8) is 0 Å². The minimum absolute atomic E-state index is 0.0412. The third kappa shape index (κ3) is 11.4. The van der Waals surface area contributed by atoms with Gasteiger partial charge in [0.25, 0.3) is 0 Å². The van der Waals surface area contributed by atoms with Crippen molar-refractivity contribution < 1.29 is 4.39 Å². The Morgan fingerprint density at radius 1 is 1.36 bits per heavy atom. The fourth-order valence-corrected chi connectivity index (χ4v) is 0.781. The van der Waals surface area contributed by atoms with Gasteiger partial charge in [-0.1, -0.05) is 45.9 Å². The molecule has 0 rings (SSSR count). The molecule has 0 aromatic heterocycles. The lowest BCUT2D eigenvalue weighted by molar-refractivity contribution is 0.343. The van der Waals surface area contributed by atoms with Crippen LogP contribution in [0.1, 0.15) is 47.5 Å². The molecular formula is C13H25F. The van der Waals surface area contributed by atoms with E-state index in [1.165, 1.54) is 0 Å². The van der Waals surface area contributed by atoms with Crippen LogP contribution in [0.3, 0.4) is 0 Å². The van der Waals surface area contributed by atoms with Crippen LogP contribution in [0.25, 0.3) is 0 Å². The maximum atomic E-state index is 12.3. The molecule has 0 aliphatic carbocycles. The highest BCUT2D eigenvalue weighted by Gasteiger charge is 2.06. The number of rotatable bonds is 5. The molecule has 0 spiro atoms. The van der Waals surface area contributed by atoms with Crippen LogP contribution in [0, 0.1) is 5.41 Å². The van der Waals surface area contributed by atoms with Gasteiger partial charge in [-0.2, -0.15) is 0 Å². The zero-order valence-electron chi connectivity index (χ0n) is 10.3. The van der Waals surface area contributed by atoms with Crippen LogP contribution in [0.15, 0.2) is 24.8 Å². The Morgan fingerprint density at radius 3 is 2.21 bits per heavy atom. The summed E-state index contributed by atoms with van der Waals surface area (Å²) >= 11 is 0. The molecule has 0 amide bonds. The van der Waals surface area contributed by atoms with E-state index in [0.717, 1.165) is 6.42 Å². The topological polar surface area (TPSA) is 0 Å². The quantitative estimate of drug-likeness (QED) is 0.553. The molecule has 0 aliphatic rings. The van der Waals surface area contributed by atoms with E-state index in [4.69, 9.17) is 0 Å². The second kappa shape index (κ2) is 8.98. The van der Waals surface area contributed by atoms with Crippen molar-refractivity contribution in [2.45, 2.75) is 53.6 Å². The highest BCUT2D eigenvalue weighted by molar-refractivity contribution is 5.04. The number of halogens is 1. The van der Waals surface area contributed by atoms with E-state index in [2.05, 4.69) is 26.5 Å². The number of alkyl halides is 1. The van der Waals surface area contributed by atoms with Gasteiger partial charge in [-0.05, 0) is 19.8 Å². The summed E-state index contributed by atoms with van der Waals surface area (Å²) in [5.41, 5.74) is 0.0412. The molecule has 0 heterocycles. The molecule has 0 saturated carbocycles. The van der Waals surface area contributed by atoms with Gasteiger partial charge in [-0.15, -0.1) is 6.58 Å². The van der Waals surface area contributed by atoms with Crippen molar-refractivity contribution in [1.29, 1.82) is 0 Å². The average Bonchev–Trinajstić information content (AvgIpc) is 2.16. The summed E-state index contributed by atoms with van der Waals surface area (Å²) in [6, 6.07) is 0. The van der Waals surface area contributed by atoms with Crippen LogP contribution in [0.4, 0.5) is 4.39 Å². The molecule has 14 heavy (non-hydrogen) atoms. The Kier molecular flexibility index (Phi) is 10.2. The van der Waals surface area contributed by atoms with Crippen molar-refractivity contribution >= 4 is 0 Å². The molecule has 0 nitrogen and oxygen atoms in total. The molecular weight excluding hydrogens is 175 g/mol. The lowest BCUT2D eigenvalue weighted by Gasteiger charge is -2.12. The lowest BCUT2D eigenvalue weighted by atomic mass is 9.93. The zero-order chi connectivity index (χ0) is 11.6. The van der Waals surface area contributed by atoms with Gasteiger partial charge in [-0.3, -0.25) is 0 Å². The average molecular weight is 200 g/mol. The molecule has 1 unspecified atom stereocenters. The first kappa shape index (κ1) is 15.9. The first-order chi connectivity index (χ1) is 6.48. The van der Waals surface area contributed by atoms with Gasteiger partial charge < -0.3 is 0 Å². The Hall–Kier alpha value is -0.590. The third-order valence-electron chi connectivity index (χ3n) is 1.80. The third-order valence-corrected chi connectivity index (χ3v) is 1.80. The van der Waals surface area contributed by atoms with Crippen LogP contribution < -0.4 is 0 Å². The van der Waals surface area contributed by atoms with Gasteiger partial charge in [0.15, 0.2) is 0 Å². The standard InChI is InChI=1S/C11H19F.C2H6/c1-5-11(3,4)9-7-6-8-10(2)12;1-2/h5,7,9-10H,1,6,8H2,2-4H3;1-2H3/b9-7-;. The first-order valence-corrected chi connectivity index (χ1v) is 5.43. The monoisotopic (exact) mass is 200 g/mol. The van der Waals surface area contributed by atoms with Gasteiger partial charge in [0.1, 0.15) is 0 Å². The van der Waals surface area contributed by atoms with Crippen LogP contribution in [-0.4, -0.2) is 6.17 Å². The number of hydrogen-bond donors (Lipinski definition) is 0. The van der Waals surface area contributed by atoms with E-state index in [0.29, 0.717) is 6.42 Å². The van der Waals surface area contributed by atoms with Crippen LogP contribution in [0.5, 0.6) is 0 Å². The maximum Gasteiger partial charge on any atom is 0.0976 e. The molecule has 0 bridgehead atoms. The zero-order valence-corrected chi connectivity index (χ0v) is 10.3. The van der Waals surface area contributed by atoms with E-state index in [9.17, 15) is 4.39 Å². The SMILES string of the molecule is C=CC(C)(C)/C=C\CCC(C)F.CC. The van der Waals surface area contributed by atoms with Crippen molar-refractivity contribution in [3.05, 3.63) is 24.8 Å². The molecule has 84 valence electrons. The van der Waals surface area contributed by atoms with Crippen molar-refractivity contribution in [1.82, 2.24) is 0 Å². The molecule has 0 radical (unpaired) electrons. The molecule has 0 N–H and O–H groups in total. The maximum absolute atomic E-state index is 12.3. The van der Waals surface area contributed by atoms with Gasteiger partial charge in [0, 0.05) is 5.41 Å². The van der Waals surface area contributed by atoms with Crippen molar-refractivity contribution in [3.8, 4) is 0 Å². The van der Waals surface area contributed by atoms with E-state index in [-0.39, 0.29) is 5.41 Å². The molecule has 0 saturated heterocycles. The predicted octanol–water partition coefficient (Wildman–Crippen LogP) is 4.92. The van der Waals surface area contributed by atoms with Crippen molar-refractivity contribution in [2.24, 2.45) is 5.41 Å². The van der Waals surface area contributed by atoms with E-state index < -0.39 is 6.17 Å². The summed E-state index contributed by atoms with van der Waals surface area (Å²) < 4.78 is 12.3. The van der Waals surface area contributed by atoms with E-state index >= 15 is 0 Å². The summed E-state index contributed by atoms with van der Waals surface area (Å²) in [7, 11) is 0. The molecule has 0 fully saturated rings. The number of hydrogen-bond acceptors (Lipinski definition) is 0. The van der Waals surface area contributed by atoms with Crippen LogP contribution >= 0.6 is 0 Å². The van der Waals surface area contributed by atoms with Crippen molar-refractivity contribution in [2.75, 3.05) is 0 Å². The van der Waals surface area contributed by atoms with E-state index in [1.54, 1.807) is 6.92 Å². The molecule has 1 atom stereocenters. The highest BCUT2D eigenvalue weighted by Crippen LogP contribution is 2.18. The molecule has 0 aromatic rings. The summed E-state index contributed by atoms with van der Waals surface area (Å²) in [6.45, 7) is 13.5. The largest absolute Gasteiger partial charge is 0.248 e. The Morgan fingerprint density at radius 2 is 1.86 bits per heavy atom. The minimum atomic E-state index is -0.693. The second-order valence-electron chi connectivity index (χ2n) is 3.79. The van der Waals surface area contributed by atoms with Gasteiger partial charge in [-0.25, -0.2) is 4.39 Å². The Labute approximate surface area is 88.9 Å². The fraction of sp³-hybridized carbons (Fsp3) is 0.692. The highest BCUT2D eigenvalue weighted by atomic mass is 19.1. The fourth-order valence-electron chi connectivity index (χ4n) is 0.781. The summed E-state index contributed by atoms with van der Waals surface area (Å²) in [5.74, 6) is 0. The van der Waals surface area contributed by atoms with Gasteiger partial charge in [0.05, 0.1) is 6.17 Å². The summed E-state index contributed by atoms with van der Waals surface area (Å²) in [6.07, 6.45) is 6.72. The molecule has 0 aromatic carbocycles. The smallest absolute Gasteiger partial charge is 0.0976 e. The second-order valence-corrected chi connectivity index (χ2v) is 3.79. The lowest BCUT2D eigenvalue weighted by Crippen LogP contribution is -2.01. The Balaban J connectivity index is 0. The van der Waals surface area contributed by atoms with E-state index in [1.807, 2.05) is 26.0 Å². The van der Waals surface area contributed by atoms with Gasteiger partial charge in [0.2, 0.25) is 0 Å². The normalized spacial score (nSPS) is 13.3. The Bertz CT molecular complexity index is 155. The molecule has 0 aliphatic heterocycles. The molecule has 1 heteroatoms. The van der Waals surface area contributed by atoms with Crippen LogP contribution in [-0.2, 0) is 0 Å². The van der Waals surface area contributed by atoms with Crippen LogP contribution in [0.2, 0.25) is 0 Å². The summed E-state index contributed by atoms with van der Waals surface area (Å²) in [4.78, 5) is 0. The first-order valence-electron chi connectivity index (χ1n) is 5.43.